The Labute approximate surface area is 104 Å². The molecule has 17 heavy (non-hydrogen) atoms. The molecule has 3 heteroatoms. The SMILES string of the molecule is CC(C)N(CC1CCCCN1)c1ccncc1. The number of aromatic nitrogens is 1. The average Bonchev–Trinajstić information content (AvgIpc) is 2.38. The van der Waals surface area contributed by atoms with Crippen LogP contribution in [0.3, 0.4) is 0 Å². The van der Waals surface area contributed by atoms with E-state index in [9.17, 15) is 0 Å². The van der Waals surface area contributed by atoms with E-state index in [2.05, 4.69) is 41.2 Å². The van der Waals surface area contributed by atoms with Gasteiger partial charge >= 0.3 is 0 Å². The molecular weight excluding hydrogens is 210 g/mol. The van der Waals surface area contributed by atoms with E-state index in [1.54, 1.807) is 0 Å². The lowest BCUT2D eigenvalue weighted by Crippen LogP contribution is -2.46. The molecule has 1 N–H and O–H groups in total. The molecule has 1 unspecified atom stereocenters. The van der Waals surface area contributed by atoms with E-state index in [-0.39, 0.29) is 0 Å². The molecule has 3 nitrogen and oxygen atoms in total. The summed E-state index contributed by atoms with van der Waals surface area (Å²) in [5.74, 6) is 0. The molecular formula is C14H23N3. The number of nitrogens with one attached hydrogen (secondary N) is 1. The Morgan fingerprint density at radius 2 is 2.12 bits per heavy atom. The zero-order valence-electron chi connectivity index (χ0n) is 10.9. The monoisotopic (exact) mass is 233 g/mol. The Kier molecular flexibility index (Phi) is 4.37. The second-order valence-corrected chi connectivity index (χ2v) is 5.10. The van der Waals surface area contributed by atoms with Gasteiger partial charge in [-0.25, -0.2) is 0 Å². The van der Waals surface area contributed by atoms with Crippen LogP contribution < -0.4 is 10.2 Å². The highest BCUT2D eigenvalue weighted by Gasteiger charge is 2.18. The fourth-order valence-electron chi connectivity index (χ4n) is 2.47. The molecule has 0 saturated carbocycles. The first-order valence-corrected chi connectivity index (χ1v) is 6.67. The first kappa shape index (κ1) is 12.4. The first-order valence-electron chi connectivity index (χ1n) is 6.67. The van der Waals surface area contributed by atoms with E-state index in [0.29, 0.717) is 12.1 Å². The largest absolute Gasteiger partial charge is 0.367 e. The normalized spacial score (nSPS) is 20.5. The van der Waals surface area contributed by atoms with Crippen molar-refractivity contribution in [1.29, 1.82) is 0 Å². The first-order chi connectivity index (χ1) is 8.27. The third-order valence-corrected chi connectivity index (χ3v) is 3.45. The van der Waals surface area contributed by atoms with Crippen LogP contribution in [0.25, 0.3) is 0 Å². The number of piperidine rings is 1. The van der Waals surface area contributed by atoms with Gasteiger partial charge in [0.2, 0.25) is 0 Å². The summed E-state index contributed by atoms with van der Waals surface area (Å²) in [6, 6.07) is 5.37. The predicted octanol–water partition coefficient (Wildman–Crippen LogP) is 2.44. The highest BCUT2D eigenvalue weighted by atomic mass is 15.2. The number of pyridine rings is 1. The third-order valence-electron chi connectivity index (χ3n) is 3.45. The molecule has 0 aliphatic carbocycles. The van der Waals surface area contributed by atoms with Crippen LogP contribution in [0.5, 0.6) is 0 Å². The number of nitrogens with zero attached hydrogens (tertiary/aromatic N) is 2. The molecule has 1 aliphatic rings. The summed E-state index contributed by atoms with van der Waals surface area (Å²) in [5, 5.41) is 3.62. The maximum Gasteiger partial charge on any atom is 0.0399 e. The molecule has 2 heterocycles. The molecule has 0 bridgehead atoms. The van der Waals surface area contributed by atoms with E-state index in [4.69, 9.17) is 0 Å². The van der Waals surface area contributed by atoms with Crippen LogP contribution in [0.2, 0.25) is 0 Å². The molecule has 0 aromatic carbocycles. The predicted molar refractivity (Wildman–Crippen MR) is 72.4 cm³/mol. The van der Waals surface area contributed by atoms with Crippen molar-refractivity contribution in [2.75, 3.05) is 18.0 Å². The Balaban J connectivity index is 2.02. The van der Waals surface area contributed by atoms with Crippen molar-refractivity contribution in [1.82, 2.24) is 10.3 Å². The molecule has 0 amide bonds. The topological polar surface area (TPSA) is 28.2 Å². The summed E-state index contributed by atoms with van der Waals surface area (Å²) in [7, 11) is 0. The molecule has 1 atom stereocenters. The number of anilines is 1. The molecule has 1 aromatic heterocycles. The zero-order valence-corrected chi connectivity index (χ0v) is 10.9. The molecule has 0 spiro atoms. The van der Waals surface area contributed by atoms with Gasteiger partial charge in [0, 0.05) is 36.7 Å². The molecule has 1 aromatic rings. The second-order valence-electron chi connectivity index (χ2n) is 5.10. The van der Waals surface area contributed by atoms with Crippen LogP contribution in [-0.2, 0) is 0 Å². The number of rotatable bonds is 4. The minimum Gasteiger partial charge on any atom is -0.367 e. The summed E-state index contributed by atoms with van der Waals surface area (Å²) < 4.78 is 0. The van der Waals surface area contributed by atoms with E-state index in [0.717, 1.165) is 6.54 Å². The lowest BCUT2D eigenvalue weighted by atomic mass is 10.0. The van der Waals surface area contributed by atoms with E-state index in [1.165, 1.54) is 31.5 Å². The van der Waals surface area contributed by atoms with Gasteiger partial charge in [-0.05, 0) is 45.4 Å². The molecule has 2 rings (SSSR count). The van der Waals surface area contributed by atoms with Crippen molar-refractivity contribution in [2.24, 2.45) is 0 Å². The quantitative estimate of drug-likeness (QED) is 0.865. The van der Waals surface area contributed by atoms with Crippen molar-refractivity contribution in [3.05, 3.63) is 24.5 Å². The van der Waals surface area contributed by atoms with Gasteiger partial charge in [-0.3, -0.25) is 4.98 Å². The van der Waals surface area contributed by atoms with Crippen molar-refractivity contribution >= 4 is 5.69 Å². The van der Waals surface area contributed by atoms with Gasteiger partial charge in [0.25, 0.3) is 0 Å². The van der Waals surface area contributed by atoms with Crippen LogP contribution in [0, 0.1) is 0 Å². The summed E-state index contributed by atoms with van der Waals surface area (Å²) in [5.41, 5.74) is 1.28. The number of hydrogen-bond acceptors (Lipinski definition) is 3. The van der Waals surface area contributed by atoms with Gasteiger partial charge in [-0.15, -0.1) is 0 Å². The molecule has 1 fully saturated rings. The maximum absolute atomic E-state index is 4.09. The Bertz CT molecular complexity index is 317. The van der Waals surface area contributed by atoms with E-state index < -0.39 is 0 Å². The fraction of sp³-hybridized carbons (Fsp3) is 0.643. The van der Waals surface area contributed by atoms with Crippen LogP contribution in [0.4, 0.5) is 5.69 Å². The third kappa shape index (κ3) is 3.43. The molecule has 0 radical (unpaired) electrons. The smallest absolute Gasteiger partial charge is 0.0399 e. The fourth-order valence-corrected chi connectivity index (χ4v) is 2.47. The van der Waals surface area contributed by atoms with Gasteiger partial charge in [0.1, 0.15) is 0 Å². The Morgan fingerprint density at radius 3 is 2.71 bits per heavy atom. The molecule has 94 valence electrons. The summed E-state index contributed by atoms with van der Waals surface area (Å²) >= 11 is 0. The summed E-state index contributed by atoms with van der Waals surface area (Å²) in [6.45, 7) is 6.78. The average molecular weight is 233 g/mol. The van der Waals surface area contributed by atoms with Crippen LogP contribution in [0.15, 0.2) is 24.5 Å². The lowest BCUT2D eigenvalue weighted by molar-refractivity contribution is 0.393. The van der Waals surface area contributed by atoms with Crippen molar-refractivity contribution in [3.63, 3.8) is 0 Å². The highest BCUT2D eigenvalue weighted by molar-refractivity contribution is 5.45. The molecule has 1 saturated heterocycles. The van der Waals surface area contributed by atoms with Gasteiger partial charge in [-0.1, -0.05) is 6.42 Å². The minimum absolute atomic E-state index is 0.529. The standard InChI is InChI=1S/C14H23N3/c1-12(2)17(14-6-9-15-10-7-14)11-13-5-3-4-8-16-13/h6-7,9-10,12-13,16H,3-5,8,11H2,1-2H3. The van der Waals surface area contributed by atoms with Crippen LogP contribution in [0.1, 0.15) is 33.1 Å². The minimum atomic E-state index is 0.529. The Morgan fingerprint density at radius 1 is 1.35 bits per heavy atom. The van der Waals surface area contributed by atoms with Gasteiger partial charge < -0.3 is 10.2 Å². The second kappa shape index (κ2) is 6.01. The maximum atomic E-state index is 4.09. The Hall–Kier alpha value is -1.09. The van der Waals surface area contributed by atoms with Crippen LogP contribution in [-0.4, -0.2) is 30.2 Å². The van der Waals surface area contributed by atoms with Gasteiger partial charge in [0.15, 0.2) is 0 Å². The van der Waals surface area contributed by atoms with E-state index in [1.807, 2.05) is 12.4 Å². The van der Waals surface area contributed by atoms with Crippen LogP contribution >= 0.6 is 0 Å². The number of hydrogen-bond donors (Lipinski definition) is 1. The van der Waals surface area contributed by atoms with Gasteiger partial charge in [-0.2, -0.15) is 0 Å². The van der Waals surface area contributed by atoms with Crippen molar-refractivity contribution in [2.45, 2.75) is 45.2 Å². The summed E-state index contributed by atoms with van der Waals surface area (Å²) in [6.07, 6.45) is 7.74. The van der Waals surface area contributed by atoms with Crippen molar-refractivity contribution < 1.29 is 0 Å². The van der Waals surface area contributed by atoms with Gasteiger partial charge in [0.05, 0.1) is 0 Å². The van der Waals surface area contributed by atoms with Crippen molar-refractivity contribution in [3.8, 4) is 0 Å². The van der Waals surface area contributed by atoms with E-state index >= 15 is 0 Å². The summed E-state index contributed by atoms with van der Waals surface area (Å²) in [4.78, 5) is 6.55. The lowest BCUT2D eigenvalue weighted by Gasteiger charge is -2.34. The zero-order chi connectivity index (χ0) is 12.1. The molecule has 1 aliphatic heterocycles. The highest BCUT2D eigenvalue weighted by Crippen LogP contribution is 2.18.